The zero-order valence-corrected chi connectivity index (χ0v) is 14.9. The van der Waals surface area contributed by atoms with Gasteiger partial charge in [-0.25, -0.2) is 13.8 Å². The predicted octanol–water partition coefficient (Wildman–Crippen LogP) is 2.08. The second kappa shape index (κ2) is 7.07. The van der Waals surface area contributed by atoms with Gasteiger partial charge < -0.3 is 5.32 Å². The van der Waals surface area contributed by atoms with E-state index in [1.165, 1.54) is 22.7 Å². The minimum atomic E-state index is -0.861. The van der Waals surface area contributed by atoms with Crippen LogP contribution in [0, 0.1) is 18.6 Å². The van der Waals surface area contributed by atoms with E-state index in [4.69, 9.17) is 0 Å². The molecule has 2 N–H and O–H groups in total. The number of aromatic amines is 1. The Balaban J connectivity index is 1.45. The van der Waals surface area contributed by atoms with Crippen LogP contribution in [0.15, 0.2) is 29.1 Å². The van der Waals surface area contributed by atoms with Crippen molar-refractivity contribution in [2.24, 2.45) is 0 Å². The van der Waals surface area contributed by atoms with Crippen LogP contribution in [0.3, 0.4) is 0 Å². The molecule has 7 nitrogen and oxygen atoms in total. The standard InChI is InChI=1S/C18H20F2N6O/c1-11-21-18-23-14(8-17(27)26(18)24-11)10-25-6-2-3-13(9-25)22-12-4-5-15(19)16(20)7-12/h4-5,7-8,13,22H,2-3,6,9-10H2,1H3,(H,21,23,24)/t13-/m0/s1. The number of halogens is 2. The first-order valence-electron chi connectivity index (χ1n) is 8.87. The molecule has 2 aromatic heterocycles. The van der Waals surface area contributed by atoms with E-state index in [0.717, 1.165) is 32.0 Å². The van der Waals surface area contributed by atoms with Gasteiger partial charge in [-0.15, -0.1) is 0 Å². The highest BCUT2D eigenvalue weighted by atomic mass is 19.2. The molecule has 4 rings (SSSR count). The Labute approximate surface area is 154 Å². The monoisotopic (exact) mass is 374 g/mol. The van der Waals surface area contributed by atoms with Crippen molar-refractivity contribution in [3.63, 3.8) is 0 Å². The molecule has 3 aromatic rings. The van der Waals surface area contributed by atoms with Crippen molar-refractivity contribution in [1.82, 2.24) is 24.5 Å². The summed E-state index contributed by atoms with van der Waals surface area (Å²) in [6.45, 7) is 3.91. The number of hydrogen-bond donors (Lipinski definition) is 2. The van der Waals surface area contributed by atoms with Gasteiger partial charge in [-0.05, 0) is 38.4 Å². The van der Waals surface area contributed by atoms with Gasteiger partial charge in [-0.2, -0.15) is 9.50 Å². The molecule has 1 atom stereocenters. The molecule has 142 valence electrons. The van der Waals surface area contributed by atoms with Gasteiger partial charge in [-0.1, -0.05) is 0 Å². The van der Waals surface area contributed by atoms with Crippen LogP contribution in [0.25, 0.3) is 5.78 Å². The summed E-state index contributed by atoms with van der Waals surface area (Å²) < 4.78 is 27.8. The minimum Gasteiger partial charge on any atom is -0.381 e. The normalized spacial score (nSPS) is 18.1. The number of benzene rings is 1. The maximum Gasteiger partial charge on any atom is 0.274 e. The maximum absolute atomic E-state index is 13.4. The first-order chi connectivity index (χ1) is 13.0. The molecule has 0 saturated carbocycles. The Bertz CT molecular complexity index is 1030. The van der Waals surface area contributed by atoms with Crippen LogP contribution < -0.4 is 10.9 Å². The zero-order valence-electron chi connectivity index (χ0n) is 14.9. The second-order valence-corrected chi connectivity index (χ2v) is 6.88. The molecular weight excluding hydrogens is 354 g/mol. The Kier molecular flexibility index (Phi) is 4.61. The van der Waals surface area contributed by atoms with Crippen LogP contribution in [-0.2, 0) is 6.54 Å². The molecule has 1 aliphatic heterocycles. The van der Waals surface area contributed by atoms with E-state index in [9.17, 15) is 13.6 Å². The average molecular weight is 374 g/mol. The number of likely N-dealkylation sites (tertiary alicyclic amines) is 1. The number of aromatic nitrogens is 4. The quantitative estimate of drug-likeness (QED) is 0.731. The number of fused-ring (bicyclic) bond motifs is 1. The lowest BCUT2D eigenvalue weighted by Crippen LogP contribution is -2.42. The molecule has 0 aliphatic carbocycles. The van der Waals surface area contributed by atoms with Crippen molar-refractivity contribution < 1.29 is 8.78 Å². The average Bonchev–Trinajstić information content (AvgIpc) is 2.99. The van der Waals surface area contributed by atoms with Crippen molar-refractivity contribution in [3.05, 3.63) is 57.8 Å². The summed E-state index contributed by atoms with van der Waals surface area (Å²) in [4.78, 5) is 23.0. The van der Waals surface area contributed by atoms with E-state index in [1.807, 2.05) is 0 Å². The molecular formula is C18H20F2N6O. The second-order valence-electron chi connectivity index (χ2n) is 6.88. The van der Waals surface area contributed by atoms with Crippen molar-refractivity contribution in [2.75, 3.05) is 18.4 Å². The first kappa shape index (κ1) is 17.6. The fourth-order valence-electron chi connectivity index (χ4n) is 3.48. The van der Waals surface area contributed by atoms with Gasteiger partial charge in [0, 0.05) is 37.0 Å². The van der Waals surface area contributed by atoms with Crippen LogP contribution >= 0.6 is 0 Å². The summed E-state index contributed by atoms with van der Waals surface area (Å²) in [5.74, 6) is -0.721. The fraction of sp³-hybridized carbons (Fsp3) is 0.389. The lowest BCUT2D eigenvalue weighted by Gasteiger charge is -2.33. The van der Waals surface area contributed by atoms with Crippen LogP contribution in [0.4, 0.5) is 14.5 Å². The topological polar surface area (TPSA) is 78.3 Å². The van der Waals surface area contributed by atoms with E-state index in [-0.39, 0.29) is 11.6 Å². The third kappa shape index (κ3) is 3.82. The number of piperidine rings is 1. The molecule has 3 heterocycles. The Morgan fingerprint density at radius 2 is 2.11 bits per heavy atom. The highest BCUT2D eigenvalue weighted by molar-refractivity contribution is 5.44. The lowest BCUT2D eigenvalue weighted by molar-refractivity contribution is 0.206. The van der Waals surface area contributed by atoms with Crippen molar-refractivity contribution >= 4 is 11.5 Å². The highest BCUT2D eigenvalue weighted by Gasteiger charge is 2.21. The molecule has 1 aromatic carbocycles. The van der Waals surface area contributed by atoms with Gasteiger partial charge in [0.05, 0.1) is 5.69 Å². The van der Waals surface area contributed by atoms with E-state index in [2.05, 4.69) is 25.3 Å². The highest BCUT2D eigenvalue weighted by Crippen LogP contribution is 2.19. The Morgan fingerprint density at radius 1 is 1.26 bits per heavy atom. The summed E-state index contributed by atoms with van der Waals surface area (Å²) in [6, 6.07) is 5.45. The van der Waals surface area contributed by atoms with Gasteiger partial charge in [0.2, 0.25) is 0 Å². The number of hydrogen-bond acceptors (Lipinski definition) is 5. The SMILES string of the molecule is Cc1nc2nc(CN3CCC[C@H](Nc4ccc(F)c(F)c4)C3)cc(=O)n2[nH]1. The number of nitrogens with one attached hydrogen (secondary N) is 2. The van der Waals surface area contributed by atoms with E-state index >= 15 is 0 Å². The predicted molar refractivity (Wildman–Crippen MR) is 96.6 cm³/mol. The molecule has 0 bridgehead atoms. The van der Waals surface area contributed by atoms with Crippen molar-refractivity contribution in [1.29, 1.82) is 0 Å². The smallest absolute Gasteiger partial charge is 0.274 e. The van der Waals surface area contributed by atoms with Gasteiger partial charge in [-0.3, -0.25) is 14.8 Å². The van der Waals surface area contributed by atoms with E-state index in [1.54, 1.807) is 6.92 Å². The third-order valence-electron chi connectivity index (χ3n) is 4.68. The number of aryl methyl sites for hydroxylation is 1. The van der Waals surface area contributed by atoms with Crippen LogP contribution in [-0.4, -0.2) is 43.6 Å². The summed E-state index contributed by atoms with van der Waals surface area (Å²) in [6.07, 6.45) is 1.90. The van der Waals surface area contributed by atoms with Crippen molar-refractivity contribution in [3.8, 4) is 0 Å². The summed E-state index contributed by atoms with van der Waals surface area (Å²) >= 11 is 0. The zero-order chi connectivity index (χ0) is 19.0. The summed E-state index contributed by atoms with van der Waals surface area (Å²) in [5, 5.41) is 6.11. The summed E-state index contributed by atoms with van der Waals surface area (Å²) in [7, 11) is 0. The van der Waals surface area contributed by atoms with Gasteiger partial charge in [0.15, 0.2) is 11.6 Å². The maximum atomic E-state index is 13.4. The lowest BCUT2D eigenvalue weighted by atomic mass is 10.0. The molecule has 27 heavy (non-hydrogen) atoms. The van der Waals surface area contributed by atoms with Crippen LogP contribution in [0.1, 0.15) is 24.4 Å². The van der Waals surface area contributed by atoms with Gasteiger partial charge >= 0.3 is 0 Å². The largest absolute Gasteiger partial charge is 0.381 e. The molecule has 0 spiro atoms. The number of H-pyrrole nitrogens is 1. The van der Waals surface area contributed by atoms with Crippen molar-refractivity contribution in [2.45, 2.75) is 32.4 Å². The number of rotatable bonds is 4. The van der Waals surface area contributed by atoms with E-state index < -0.39 is 11.6 Å². The fourth-order valence-corrected chi connectivity index (χ4v) is 3.48. The first-order valence-corrected chi connectivity index (χ1v) is 8.87. The molecule has 0 amide bonds. The molecule has 1 saturated heterocycles. The summed E-state index contributed by atoms with van der Waals surface area (Å²) in [5.41, 5.74) is 1.04. The number of anilines is 1. The molecule has 1 fully saturated rings. The van der Waals surface area contributed by atoms with Gasteiger partial charge in [0.1, 0.15) is 5.82 Å². The Hall–Kier alpha value is -2.81. The molecule has 1 aliphatic rings. The molecule has 0 radical (unpaired) electrons. The number of nitrogens with zero attached hydrogens (tertiary/aromatic N) is 4. The van der Waals surface area contributed by atoms with Crippen LogP contribution in [0.5, 0.6) is 0 Å². The van der Waals surface area contributed by atoms with E-state index in [0.29, 0.717) is 29.5 Å². The molecule has 0 unspecified atom stereocenters. The van der Waals surface area contributed by atoms with Crippen LogP contribution in [0.2, 0.25) is 0 Å². The third-order valence-corrected chi connectivity index (χ3v) is 4.68. The molecule has 9 heteroatoms. The minimum absolute atomic E-state index is 0.112. The van der Waals surface area contributed by atoms with Gasteiger partial charge in [0.25, 0.3) is 11.3 Å². The Morgan fingerprint density at radius 3 is 2.93 bits per heavy atom.